The van der Waals surface area contributed by atoms with E-state index in [9.17, 15) is 14.7 Å². The number of piperazine rings is 1. The van der Waals surface area contributed by atoms with Gasteiger partial charge in [-0.3, -0.25) is 9.88 Å². The lowest BCUT2D eigenvalue weighted by Gasteiger charge is -2.52. The van der Waals surface area contributed by atoms with Gasteiger partial charge in [0, 0.05) is 50.7 Å². The Hall–Kier alpha value is -3.24. The fourth-order valence-corrected chi connectivity index (χ4v) is 4.44. The molecule has 1 saturated heterocycles. The molecule has 3 rings (SSSR count). The number of ether oxygens (including phenoxy) is 1. The van der Waals surface area contributed by atoms with Gasteiger partial charge in [-0.25, -0.2) is 14.0 Å². The standard InChI is InChI=1S/C24H32FN5O4/c1-16-8-9-18(14-26-16)27-22(31)28-19-7-5-6-17(21(19)25)15-29-11-12-30(23(32)33)24(2,3)20(29)10-13-34-4/h5-9,14,20H,10-13,15H2,1-4H3,(H,32,33)(H2,27,28,31). The summed E-state index contributed by atoms with van der Waals surface area (Å²) < 4.78 is 20.6. The molecule has 184 valence electrons. The van der Waals surface area contributed by atoms with Crippen LogP contribution >= 0.6 is 0 Å². The third kappa shape index (κ3) is 5.81. The zero-order valence-electron chi connectivity index (χ0n) is 20.0. The lowest BCUT2D eigenvalue weighted by Crippen LogP contribution is -2.66. The molecule has 10 heteroatoms. The molecule has 34 heavy (non-hydrogen) atoms. The van der Waals surface area contributed by atoms with E-state index in [-0.39, 0.29) is 18.3 Å². The smallest absolute Gasteiger partial charge is 0.407 e. The number of carboxylic acid groups (broad SMARTS) is 1. The van der Waals surface area contributed by atoms with Gasteiger partial charge in [0.05, 0.1) is 23.1 Å². The summed E-state index contributed by atoms with van der Waals surface area (Å²) in [4.78, 5) is 31.8. The number of nitrogens with one attached hydrogen (secondary N) is 2. The second kappa shape index (κ2) is 10.8. The number of carbonyl (C=O) groups excluding carboxylic acids is 1. The summed E-state index contributed by atoms with van der Waals surface area (Å²) in [5.74, 6) is -0.524. The maximum absolute atomic E-state index is 15.3. The van der Waals surface area contributed by atoms with Gasteiger partial charge in [-0.15, -0.1) is 0 Å². The summed E-state index contributed by atoms with van der Waals surface area (Å²) in [5, 5.41) is 14.8. The van der Waals surface area contributed by atoms with Crippen LogP contribution in [0, 0.1) is 12.7 Å². The molecule has 2 aromatic rings. The minimum atomic E-state index is -0.973. The van der Waals surface area contributed by atoms with Crippen LogP contribution in [-0.4, -0.2) is 70.4 Å². The largest absolute Gasteiger partial charge is 0.465 e. The lowest BCUT2D eigenvalue weighted by molar-refractivity contribution is -0.0366. The number of aryl methyl sites for hydroxylation is 1. The number of methoxy groups -OCH3 is 1. The Morgan fingerprint density at radius 2 is 2.00 bits per heavy atom. The molecule has 1 aromatic carbocycles. The van der Waals surface area contributed by atoms with Crippen LogP contribution < -0.4 is 10.6 Å². The summed E-state index contributed by atoms with van der Waals surface area (Å²) in [6.07, 6.45) is 1.15. The third-order valence-electron chi connectivity index (χ3n) is 6.26. The number of amides is 3. The van der Waals surface area contributed by atoms with Crippen LogP contribution in [0.4, 0.5) is 25.4 Å². The molecule has 1 aliphatic heterocycles. The quantitative estimate of drug-likeness (QED) is 0.558. The Labute approximate surface area is 198 Å². The highest BCUT2D eigenvalue weighted by molar-refractivity contribution is 5.99. The zero-order chi connectivity index (χ0) is 24.9. The van der Waals surface area contributed by atoms with E-state index < -0.39 is 23.5 Å². The highest BCUT2D eigenvalue weighted by Crippen LogP contribution is 2.32. The lowest BCUT2D eigenvalue weighted by atomic mass is 9.86. The molecule has 0 spiro atoms. The van der Waals surface area contributed by atoms with Crippen molar-refractivity contribution in [1.29, 1.82) is 0 Å². The van der Waals surface area contributed by atoms with Crippen LogP contribution in [0.15, 0.2) is 36.5 Å². The van der Waals surface area contributed by atoms with E-state index in [0.717, 1.165) is 5.69 Å². The molecule has 1 atom stereocenters. The molecule has 0 aliphatic carbocycles. The normalized spacial score (nSPS) is 17.9. The average molecular weight is 474 g/mol. The summed E-state index contributed by atoms with van der Waals surface area (Å²) in [6.45, 7) is 7.11. The first-order valence-corrected chi connectivity index (χ1v) is 11.1. The first-order valence-electron chi connectivity index (χ1n) is 11.1. The number of pyridine rings is 1. The molecule has 9 nitrogen and oxygen atoms in total. The van der Waals surface area contributed by atoms with Gasteiger partial charge in [0.1, 0.15) is 0 Å². The van der Waals surface area contributed by atoms with Crippen LogP contribution in [0.3, 0.4) is 0 Å². The third-order valence-corrected chi connectivity index (χ3v) is 6.26. The van der Waals surface area contributed by atoms with Crippen LogP contribution in [0.1, 0.15) is 31.5 Å². The molecule has 0 saturated carbocycles. The topological polar surface area (TPSA) is 107 Å². The number of aromatic nitrogens is 1. The molecule has 0 radical (unpaired) electrons. The van der Waals surface area contributed by atoms with Crippen LogP contribution in [0.25, 0.3) is 0 Å². The van der Waals surface area contributed by atoms with Gasteiger partial charge in [0.15, 0.2) is 5.82 Å². The summed E-state index contributed by atoms with van der Waals surface area (Å²) in [7, 11) is 1.60. The number of hydrogen-bond acceptors (Lipinski definition) is 5. The molecule has 3 N–H and O–H groups in total. The first-order chi connectivity index (χ1) is 16.1. The van der Waals surface area contributed by atoms with Crippen molar-refractivity contribution in [3.63, 3.8) is 0 Å². The highest BCUT2D eigenvalue weighted by atomic mass is 19.1. The number of anilines is 2. The van der Waals surface area contributed by atoms with E-state index >= 15 is 4.39 Å². The van der Waals surface area contributed by atoms with Crippen LogP contribution in [0.2, 0.25) is 0 Å². The first kappa shape index (κ1) is 25.4. The van der Waals surface area contributed by atoms with Gasteiger partial charge in [-0.1, -0.05) is 12.1 Å². The summed E-state index contributed by atoms with van der Waals surface area (Å²) in [6, 6.07) is 7.59. The number of halogens is 1. The van der Waals surface area contributed by atoms with Crippen molar-refractivity contribution in [2.45, 2.75) is 45.3 Å². The van der Waals surface area contributed by atoms with Crippen molar-refractivity contribution in [2.24, 2.45) is 0 Å². The highest BCUT2D eigenvalue weighted by Gasteiger charge is 2.44. The maximum atomic E-state index is 15.3. The van der Waals surface area contributed by atoms with Gasteiger partial charge in [-0.2, -0.15) is 0 Å². The van der Waals surface area contributed by atoms with Crippen LogP contribution in [0.5, 0.6) is 0 Å². The molecule has 1 unspecified atom stereocenters. The van der Waals surface area contributed by atoms with Gasteiger partial charge in [0.2, 0.25) is 0 Å². The number of urea groups is 1. The van der Waals surface area contributed by atoms with Crippen molar-refractivity contribution < 1.29 is 23.8 Å². The monoisotopic (exact) mass is 473 g/mol. The second-order valence-electron chi connectivity index (χ2n) is 8.90. The SMILES string of the molecule is COCCC1N(Cc2cccc(NC(=O)Nc3ccc(C)nc3)c2F)CCN(C(=O)O)C1(C)C. The van der Waals surface area contributed by atoms with Crippen LogP contribution in [-0.2, 0) is 11.3 Å². The fourth-order valence-electron chi connectivity index (χ4n) is 4.44. The van der Waals surface area contributed by atoms with E-state index in [1.807, 2.05) is 20.8 Å². The van der Waals surface area contributed by atoms with Crippen molar-refractivity contribution >= 4 is 23.5 Å². The summed E-state index contributed by atoms with van der Waals surface area (Å²) in [5.41, 5.74) is 1.11. The Kier molecular flexibility index (Phi) is 8.06. The molecule has 1 aliphatic rings. The predicted octanol–water partition coefficient (Wildman–Crippen LogP) is 4.15. The van der Waals surface area contributed by atoms with Gasteiger partial charge < -0.3 is 25.4 Å². The van der Waals surface area contributed by atoms with Gasteiger partial charge in [0.25, 0.3) is 0 Å². The van der Waals surface area contributed by atoms with Gasteiger partial charge >= 0.3 is 12.1 Å². The minimum Gasteiger partial charge on any atom is -0.465 e. The molecular formula is C24H32FN5O4. The molecule has 1 aromatic heterocycles. The number of nitrogens with zero attached hydrogens (tertiary/aromatic N) is 3. The molecular weight excluding hydrogens is 441 g/mol. The van der Waals surface area contributed by atoms with E-state index in [0.29, 0.717) is 37.4 Å². The Bertz CT molecular complexity index is 1010. The van der Waals surface area contributed by atoms with Crippen molar-refractivity contribution in [2.75, 3.05) is 37.4 Å². The number of carbonyl (C=O) groups is 2. The Morgan fingerprint density at radius 1 is 1.24 bits per heavy atom. The maximum Gasteiger partial charge on any atom is 0.407 e. The van der Waals surface area contributed by atoms with Crippen molar-refractivity contribution in [3.05, 3.63) is 53.6 Å². The predicted molar refractivity (Wildman–Crippen MR) is 128 cm³/mol. The van der Waals surface area contributed by atoms with Gasteiger partial charge in [-0.05, 0) is 45.4 Å². The van der Waals surface area contributed by atoms with E-state index in [4.69, 9.17) is 4.74 Å². The minimum absolute atomic E-state index is 0.0620. The Morgan fingerprint density at radius 3 is 2.65 bits per heavy atom. The fraction of sp³-hybridized carbons (Fsp3) is 0.458. The van der Waals surface area contributed by atoms with Crippen molar-refractivity contribution in [1.82, 2.24) is 14.8 Å². The Balaban J connectivity index is 1.75. The molecule has 3 amide bonds. The van der Waals surface area contributed by atoms with E-state index in [2.05, 4.69) is 20.5 Å². The van der Waals surface area contributed by atoms with E-state index in [1.165, 1.54) is 17.2 Å². The summed E-state index contributed by atoms with van der Waals surface area (Å²) >= 11 is 0. The second-order valence-corrected chi connectivity index (χ2v) is 8.90. The zero-order valence-corrected chi connectivity index (χ0v) is 20.0. The molecule has 1 fully saturated rings. The average Bonchev–Trinajstić information content (AvgIpc) is 2.77. The van der Waals surface area contributed by atoms with Crippen molar-refractivity contribution in [3.8, 4) is 0 Å². The number of benzene rings is 1. The number of hydrogen-bond donors (Lipinski definition) is 3. The molecule has 2 heterocycles. The van der Waals surface area contributed by atoms with E-state index in [1.54, 1.807) is 31.4 Å². The number of rotatable bonds is 7. The molecule has 0 bridgehead atoms.